The van der Waals surface area contributed by atoms with Crippen molar-refractivity contribution in [1.29, 1.82) is 0 Å². The van der Waals surface area contributed by atoms with Crippen LogP contribution in [0.15, 0.2) is 47.6 Å². The summed E-state index contributed by atoms with van der Waals surface area (Å²) in [6.45, 7) is 3.85. The van der Waals surface area contributed by atoms with Crippen molar-refractivity contribution in [2.45, 2.75) is 77.1 Å². The van der Waals surface area contributed by atoms with Gasteiger partial charge in [0.25, 0.3) is 0 Å². The van der Waals surface area contributed by atoms with E-state index < -0.39 is 12.2 Å². The molecule has 0 amide bonds. The zero-order valence-corrected chi connectivity index (χ0v) is 19.1. The molecule has 178 valence electrons. The molecule has 1 aliphatic rings. The Balaban J connectivity index is 1.76. The number of aliphatic hydroxyl groups excluding tert-OH is 2. The molecule has 1 aromatic rings. The molecule has 0 aliphatic heterocycles. The molecule has 0 spiro atoms. The van der Waals surface area contributed by atoms with Gasteiger partial charge >= 0.3 is 5.97 Å². The maximum atomic E-state index is 11.5. The molecule has 1 aliphatic carbocycles. The van der Waals surface area contributed by atoms with Crippen molar-refractivity contribution in [3.05, 3.63) is 42.5 Å². The lowest BCUT2D eigenvalue weighted by Gasteiger charge is -2.22. The lowest BCUT2D eigenvalue weighted by molar-refractivity contribution is -0.147. The molecule has 0 aromatic heterocycles. The molecule has 1 aromatic carbocycles. The van der Waals surface area contributed by atoms with Crippen LogP contribution in [0.1, 0.15) is 58.8 Å². The van der Waals surface area contributed by atoms with Crippen LogP contribution in [-0.4, -0.2) is 52.0 Å². The number of carbonyl (C=O) groups is 1. The monoisotopic (exact) mass is 447 g/mol. The third kappa shape index (κ3) is 9.01. The van der Waals surface area contributed by atoms with Crippen LogP contribution in [0.25, 0.3) is 0 Å². The van der Waals surface area contributed by atoms with Crippen molar-refractivity contribution in [2.75, 3.05) is 6.61 Å². The first-order valence-corrected chi connectivity index (χ1v) is 11.5. The fourth-order valence-electron chi connectivity index (χ4n) is 4.13. The minimum atomic E-state index is -0.640. The zero-order valence-electron chi connectivity index (χ0n) is 19.1. The number of hydrogen-bond acceptors (Lipinski definition) is 7. The second kappa shape index (κ2) is 13.9. The van der Waals surface area contributed by atoms with E-state index in [1.54, 1.807) is 0 Å². The van der Waals surface area contributed by atoms with E-state index in [0.717, 1.165) is 12.8 Å². The summed E-state index contributed by atoms with van der Waals surface area (Å²) < 4.78 is 10.7. The van der Waals surface area contributed by atoms with Gasteiger partial charge in [-0.1, -0.05) is 35.5 Å². The van der Waals surface area contributed by atoms with Gasteiger partial charge in [-0.15, -0.1) is 0 Å². The second-order valence-electron chi connectivity index (χ2n) is 8.61. The van der Waals surface area contributed by atoms with Crippen LogP contribution in [0.5, 0.6) is 5.75 Å². The van der Waals surface area contributed by atoms with E-state index >= 15 is 0 Å². The summed E-state index contributed by atoms with van der Waals surface area (Å²) in [5, 5.41) is 33.6. The van der Waals surface area contributed by atoms with E-state index in [-0.39, 0.29) is 30.5 Å². The molecule has 0 unspecified atom stereocenters. The highest BCUT2D eigenvalue weighted by Crippen LogP contribution is 2.37. The number of aliphatic hydroxyl groups is 2. The molecule has 4 atom stereocenters. The van der Waals surface area contributed by atoms with Crippen molar-refractivity contribution in [2.24, 2.45) is 17.0 Å². The summed E-state index contributed by atoms with van der Waals surface area (Å²) in [7, 11) is 0. The van der Waals surface area contributed by atoms with Crippen LogP contribution < -0.4 is 4.74 Å². The molecule has 0 saturated heterocycles. The smallest absolute Gasteiger partial charge is 0.306 e. The first kappa shape index (κ1) is 25.9. The summed E-state index contributed by atoms with van der Waals surface area (Å²) in [6, 6.07) is 9.34. The standard InChI is InChI=1S/C25H37NO6/c1-18(2)32-25(29)13-9-4-3-8-12-22-21(23(26-30)16-24(22)28)15-14-19(27)17-31-20-10-6-5-7-11-20/h3-7,10-11,18-19,21-22,24,27-28,30H,8-9,12-17H2,1-2H3/b4-3-,26-23-/t19-,21-,22-,24+/m1/s1. The van der Waals surface area contributed by atoms with Crippen molar-refractivity contribution >= 4 is 11.7 Å². The fourth-order valence-corrected chi connectivity index (χ4v) is 4.13. The molecule has 0 heterocycles. The molecular weight excluding hydrogens is 410 g/mol. The van der Waals surface area contributed by atoms with Gasteiger partial charge in [0.2, 0.25) is 0 Å². The van der Waals surface area contributed by atoms with Crippen molar-refractivity contribution in [3.8, 4) is 5.75 Å². The number of oxime groups is 1. The Hall–Kier alpha value is -2.38. The number of allylic oxidation sites excluding steroid dienone is 2. The molecule has 7 nitrogen and oxygen atoms in total. The average molecular weight is 448 g/mol. The average Bonchev–Trinajstić information content (AvgIpc) is 3.07. The third-order valence-electron chi connectivity index (χ3n) is 5.70. The molecular formula is C25H37NO6. The van der Waals surface area contributed by atoms with Crippen LogP contribution in [0.4, 0.5) is 0 Å². The van der Waals surface area contributed by atoms with Crippen LogP contribution in [0.3, 0.4) is 0 Å². The van der Waals surface area contributed by atoms with Crippen LogP contribution in [0.2, 0.25) is 0 Å². The molecule has 3 N–H and O–H groups in total. The van der Waals surface area contributed by atoms with Crippen LogP contribution in [0, 0.1) is 11.8 Å². The minimum Gasteiger partial charge on any atom is -0.491 e. The minimum absolute atomic E-state index is 0.0290. The zero-order chi connectivity index (χ0) is 23.3. The Kier molecular flexibility index (Phi) is 11.2. The lowest BCUT2D eigenvalue weighted by Crippen LogP contribution is -2.24. The van der Waals surface area contributed by atoms with Gasteiger partial charge in [-0.05, 0) is 64.0 Å². The number of esters is 1. The first-order chi connectivity index (χ1) is 15.4. The first-order valence-electron chi connectivity index (χ1n) is 11.5. The Bertz CT molecular complexity index is 733. The SMILES string of the molecule is CC(C)OC(=O)CC/C=C\CC[C@H]1[C@@H](O)C/C(=N/O)[C@@H]1CC[C@@H](O)COc1ccccc1. The quantitative estimate of drug-likeness (QED) is 0.182. The molecule has 1 fully saturated rings. The number of benzene rings is 1. The van der Waals surface area contributed by atoms with Gasteiger partial charge in [-0.25, -0.2) is 0 Å². The number of ether oxygens (including phenoxy) is 2. The van der Waals surface area contributed by atoms with Gasteiger partial charge in [0.05, 0.1) is 24.0 Å². The summed E-state index contributed by atoms with van der Waals surface area (Å²) in [5.74, 6) is 0.409. The lowest BCUT2D eigenvalue weighted by atomic mass is 9.85. The topological polar surface area (TPSA) is 109 Å². The Morgan fingerprint density at radius 2 is 1.91 bits per heavy atom. The van der Waals surface area contributed by atoms with E-state index in [9.17, 15) is 20.2 Å². The molecule has 1 saturated carbocycles. The largest absolute Gasteiger partial charge is 0.491 e. The molecule has 0 radical (unpaired) electrons. The number of hydrogen-bond donors (Lipinski definition) is 3. The number of carbonyl (C=O) groups excluding carboxylic acids is 1. The number of nitrogens with zero attached hydrogens (tertiary/aromatic N) is 1. The van der Waals surface area contributed by atoms with Gasteiger partial charge in [-0.3, -0.25) is 4.79 Å². The highest BCUT2D eigenvalue weighted by molar-refractivity contribution is 5.89. The maximum Gasteiger partial charge on any atom is 0.306 e. The summed E-state index contributed by atoms with van der Waals surface area (Å²) in [5.41, 5.74) is 0.596. The normalized spacial score (nSPS) is 23.2. The van der Waals surface area contributed by atoms with Crippen molar-refractivity contribution in [1.82, 2.24) is 0 Å². The van der Waals surface area contributed by atoms with Crippen LogP contribution in [-0.2, 0) is 9.53 Å². The third-order valence-corrected chi connectivity index (χ3v) is 5.70. The van der Waals surface area contributed by atoms with Gasteiger partial charge in [0.15, 0.2) is 0 Å². The maximum absolute atomic E-state index is 11.5. The van der Waals surface area contributed by atoms with Gasteiger partial charge in [0.1, 0.15) is 12.4 Å². The van der Waals surface area contributed by atoms with Crippen molar-refractivity contribution < 1.29 is 29.7 Å². The van der Waals surface area contributed by atoms with E-state index in [1.165, 1.54) is 0 Å². The van der Waals surface area contributed by atoms with E-state index in [1.807, 2.05) is 56.3 Å². The predicted molar refractivity (Wildman–Crippen MR) is 123 cm³/mol. The van der Waals surface area contributed by atoms with E-state index in [2.05, 4.69) is 5.16 Å². The molecule has 2 rings (SSSR count). The predicted octanol–water partition coefficient (Wildman–Crippen LogP) is 4.10. The number of rotatable bonds is 13. The fraction of sp³-hybridized carbons (Fsp3) is 0.600. The molecule has 7 heteroatoms. The second-order valence-corrected chi connectivity index (χ2v) is 8.61. The summed E-state index contributed by atoms with van der Waals surface area (Å²) in [6.07, 6.45) is 6.63. The Morgan fingerprint density at radius 1 is 1.19 bits per heavy atom. The summed E-state index contributed by atoms with van der Waals surface area (Å²) in [4.78, 5) is 11.5. The summed E-state index contributed by atoms with van der Waals surface area (Å²) >= 11 is 0. The van der Waals surface area contributed by atoms with Gasteiger partial charge in [0, 0.05) is 18.8 Å². The molecule has 0 bridgehead atoms. The van der Waals surface area contributed by atoms with E-state index in [0.29, 0.717) is 43.6 Å². The van der Waals surface area contributed by atoms with Gasteiger partial charge in [-0.2, -0.15) is 0 Å². The molecule has 32 heavy (non-hydrogen) atoms. The Labute approximate surface area is 190 Å². The highest BCUT2D eigenvalue weighted by Gasteiger charge is 2.39. The van der Waals surface area contributed by atoms with Gasteiger partial charge < -0.3 is 24.9 Å². The Morgan fingerprint density at radius 3 is 2.59 bits per heavy atom. The van der Waals surface area contributed by atoms with E-state index in [4.69, 9.17) is 9.47 Å². The van der Waals surface area contributed by atoms with Crippen LogP contribution >= 0.6 is 0 Å². The number of para-hydroxylation sites is 1. The highest BCUT2D eigenvalue weighted by atomic mass is 16.5. The van der Waals surface area contributed by atoms with Crippen molar-refractivity contribution in [3.63, 3.8) is 0 Å².